The number of pyridine rings is 1. The Bertz CT molecular complexity index is 517. The molecule has 2 aromatic rings. The summed E-state index contributed by atoms with van der Waals surface area (Å²) in [5, 5.41) is 4.43. The Morgan fingerprint density at radius 3 is 2.88 bits per heavy atom. The molecular formula is C14H16N2. The number of rotatable bonds is 3. The van der Waals surface area contributed by atoms with E-state index in [1.807, 2.05) is 26.2 Å². The molecule has 0 spiro atoms. The van der Waals surface area contributed by atoms with Crippen molar-refractivity contribution >= 4 is 10.9 Å². The van der Waals surface area contributed by atoms with Gasteiger partial charge in [0.25, 0.3) is 0 Å². The predicted molar refractivity (Wildman–Crippen MR) is 68.4 cm³/mol. The Morgan fingerprint density at radius 1 is 1.38 bits per heavy atom. The van der Waals surface area contributed by atoms with Crippen LogP contribution in [0.25, 0.3) is 10.9 Å². The van der Waals surface area contributed by atoms with Crippen LogP contribution in [-0.2, 0) is 0 Å². The number of hydrogen-bond donors (Lipinski definition) is 1. The van der Waals surface area contributed by atoms with Gasteiger partial charge in [0.15, 0.2) is 0 Å². The van der Waals surface area contributed by atoms with Gasteiger partial charge < -0.3 is 5.32 Å². The van der Waals surface area contributed by atoms with E-state index in [0.29, 0.717) is 0 Å². The third-order valence-electron chi connectivity index (χ3n) is 2.74. The normalized spacial score (nSPS) is 12.6. The van der Waals surface area contributed by atoms with E-state index >= 15 is 0 Å². The summed E-state index contributed by atoms with van der Waals surface area (Å²) in [6, 6.07) is 10.6. The molecule has 0 fully saturated rings. The van der Waals surface area contributed by atoms with Gasteiger partial charge in [-0.2, -0.15) is 0 Å². The Hall–Kier alpha value is -1.67. The fourth-order valence-electron chi connectivity index (χ4n) is 1.97. The molecule has 2 heteroatoms. The average Bonchev–Trinajstić information content (AvgIpc) is 2.29. The average molecular weight is 212 g/mol. The Kier molecular flexibility index (Phi) is 3.02. The van der Waals surface area contributed by atoms with E-state index in [2.05, 4.69) is 41.1 Å². The van der Waals surface area contributed by atoms with E-state index in [1.54, 1.807) is 0 Å². The minimum atomic E-state index is 0.213. The molecule has 0 saturated heterocycles. The molecule has 1 atom stereocenters. The third kappa shape index (κ3) is 1.97. The summed E-state index contributed by atoms with van der Waals surface area (Å²) in [7, 11) is 1.95. The molecule has 1 N–H and O–H groups in total. The number of fused-ring (bicyclic) bond motifs is 1. The van der Waals surface area contributed by atoms with Crippen molar-refractivity contribution in [2.24, 2.45) is 0 Å². The van der Waals surface area contributed by atoms with Crippen molar-refractivity contribution in [1.29, 1.82) is 0 Å². The number of nitrogens with one attached hydrogen (secondary N) is 1. The predicted octanol–water partition coefficient (Wildman–Crippen LogP) is 3.07. The number of likely N-dealkylation sites (N-methyl/N-ethyl adjacent to an activating group) is 1. The summed E-state index contributed by atoms with van der Waals surface area (Å²) in [6.45, 7) is 6.04. The molecule has 1 heterocycles. The second-order valence-electron chi connectivity index (χ2n) is 4.02. The zero-order valence-electron chi connectivity index (χ0n) is 9.70. The minimum Gasteiger partial charge on any atom is -0.310 e. The van der Waals surface area contributed by atoms with Gasteiger partial charge in [0.1, 0.15) is 0 Å². The van der Waals surface area contributed by atoms with Crippen LogP contribution in [0.4, 0.5) is 0 Å². The lowest BCUT2D eigenvalue weighted by atomic mass is 9.99. The first-order chi connectivity index (χ1) is 7.72. The first-order valence-corrected chi connectivity index (χ1v) is 5.39. The van der Waals surface area contributed by atoms with E-state index in [-0.39, 0.29) is 6.04 Å². The van der Waals surface area contributed by atoms with Gasteiger partial charge in [0, 0.05) is 11.6 Å². The number of aromatic nitrogens is 1. The molecule has 0 bridgehead atoms. The molecular weight excluding hydrogens is 196 g/mol. The molecule has 82 valence electrons. The van der Waals surface area contributed by atoms with Crippen molar-refractivity contribution in [3.05, 3.63) is 54.2 Å². The Morgan fingerprint density at radius 2 is 2.19 bits per heavy atom. The van der Waals surface area contributed by atoms with Crippen molar-refractivity contribution in [3.8, 4) is 0 Å². The molecule has 2 rings (SSSR count). The quantitative estimate of drug-likeness (QED) is 0.791. The number of benzene rings is 1. The van der Waals surface area contributed by atoms with Gasteiger partial charge in [-0.3, -0.25) is 4.98 Å². The summed E-state index contributed by atoms with van der Waals surface area (Å²) in [5.74, 6) is 0. The fourth-order valence-corrected chi connectivity index (χ4v) is 1.97. The van der Waals surface area contributed by atoms with E-state index in [0.717, 1.165) is 11.1 Å². The fraction of sp³-hybridized carbons (Fsp3) is 0.214. The van der Waals surface area contributed by atoms with E-state index < -0.39 is 0 Å². The highest BCUT2D eigenvalue weighted by Gasteiger charge is 2.09. The molecule has 1 aromatic carbocycles. The second-order valence-corrected chi connectivity index (χ2v) is 4.02. The smallest absolute Gasteiger partial charge is 0.0702 e. The largest absolute Gasteiger partial charge is 0.310 e. The molecule has 0 radical (unpaired) electrons. The zero-order chi connectivity index (χ0) is 11.5. The maximum Gasteiger partial charge on any atom is 0.0702 e. The van der Waals surface area contributed by atoms with Gasteiger partial charge in [-0.15, -0.1) is 0 Å². The van der Waals surface area contributed by atoms with Crippen molar-refractivity contribution in [2.45, 2.75) is 13.0 Å². The van der Waals surface area contributed by atoms with Crippen LogP contribution in [0.15, 0.2) is 48.7 Å². The van der Waals surface area contributed by atoms with E-state index in [1.165, 1.54) is 10.9 Å². The zero-order valence-corrected chi connectivity index (χ0v) is 9.70. The maximum absolute atomic E-state index is 4.31. The van der Waals surface area contributed by atoms with Gasteiger partial charge in [-0.1, -0.05) is 24.3 Å². The van der Waals surface area contributed by atoms with Gasteiger partial charge in [0.2, 0.25) is 0 Å². The van der Waals surface area contributed by atoms with Crippen molar-refractivity contribution in [1.82, 2.24) is 10.3 Å². The first kappa shape index (κ1) is 10.8. The lowest BCUT2D eigenvalue weighted by molar-refractivity contribution is 0.680. The Balaban J connectivity index is 2.49. The van der Waals surface area contributed by atoms with Crippen LogP contribution in [0.3, 0.4) is 0 Å². The third-order valence-corrected chi connectivity index (χ3v) is 2.74. The molecule has 1 unspecified atom stereocenters. The Labute approximate surface area is 96.0 Å². The molecule has 0 aliphatic carbocycles. The topological polar surface area (TPSA) is 24.9 Å². The van der Waals surface area contributed by atoms with E-state index in [4.69, 9.17) is 0 Å². The summed E-state index contributed by atoms with van der Waals surface area (Å²) < 4.78 is 0. The maximum atomic E-state index is 4.31. The molecule has 0 saturated carbocycles. The van der Waals surface area contributed by atoms with Crippen LogP contribution in [-0.4, -0.2) is 12.0 Å². The lowest BCUT2D eigenvalue weighted by Gasteiger charge is -2.17. The monoisotopic (exact) mass is 212 g/mol. The molecule has 0 aliphatic heterocycles. The van der Waals surface area contributed by atoms with Gasteiger partial charge in [-0.05, 0) is 37.7 Å². The molecule has 1 aromatic heterocycles. The van der Waals surface area contributed by atoms with Crippen LogP contribution in [0.1, 0.15) is 18.5 Å². The highest BCUT2D eigenvalue weighted by atomic mass is 14.9. The van der Waals surface area contributed by atoms with Crippen LogP contribution in [0.5, 0.6) is 0 Å². The molecule has 0 amide bonds. The summed E-state index contributed by atoms with van der Waals surface area (Å²) in [6.07, 6.45) is 1.82. The highest BCUT2D eigenvalue weighted by Crippen LogP contribution is 2.23. The van der Waals surface area contributed by atoms with Gasteiger partial charge in [-0.25, -0.2) is 0 Å². The minimum absolute atomic E-state index is 0.213. The standard InChI is InChI=1S/C14H16N2/c1-10(2)14(15-3)12-6-7-13-11(9-12)5-4-8-16-13/h4-9,14-15H,1H2,2-3H3. The number of nitrogens with zero attached hydrogens (tertiary/aromatic N) is 1. The van der Waals surface area contributed by atoms with Gasteiger partial charge >= 0.3 is 0 Å². The SMILES string of the molecule is C=C(C)C(NC)c1ccc2ncccc2c1. The number of hydrogen-bond acceptors (Lipinski definition) is 2. The highest BCUT2D eigenvalue weighted by molar-refractivity contribution is 5.79. The van der Waals surface area contributed by atoms with Crippen molar-refractivity contribution in [3.63, 3.8) is 0 Å². The van der Waals surface area contributed by atoms with Crippen LogP contribution in [0.2, 0.25) is 0 Å². The first-order valence-electron chi connectivity index (χ1n) is 5.39. The van der Waals surface area contributed by atoms with Crippen LogP contribution < -0.4 is 5.32 Å². The molecule has 2 nitrogen and oxygen atoms in total. The second kappa shape index (κ2) is 4.45. The molecule has 0 aliphatic rings. The summed E-state index contributed by atoms with van der Waals surface area (Å²) >= 11 is 0. The van der Waals surface area contributed by atoms with Crippen molar-refractivity contribution < 1.29 is 0 Å². The van der Waals surface area contributed by atoms with Gasteiger partial charge in [0.05, 0.1) is 11.6 Å². The lowest BCUT2D eigenvalue weighted by Crippen LogP contribution is -2.16. The summed E-state index contributed by atoms with van der Waals surface area (Å²) in [5.41, 5.74) is 3.38. The van der Waals surface area contributed by atoms with Crippen molar-refractivity contribution in [2.75, 3.05) is 7.05 Å². The van der Waals surface area contributed by atoms with E-state index in [9.17, 15) is 0 Å². The van der Waals surface area contributed by atoms with Crippen LogP contribution in [0, 0.1) is 0 Å². The summed E-state index contributed by atoms with van der Waals surface area (Å²) in [4.78, 5) is 4.31. The molecule has 16 heavy (non-hydrogen) atoms. The van der Waals surface area contributed by atoms with Crippen LogP contribution >= 0.6 is 0 Å².